The van der Waals surface area contributed by atoms with Crippen LogP contribution in [-0.2, 0) is 11.2 Å². The largest absolute Gasteiger partial charge is 0.489 e. The molecule has 0 saturated heterocycles. The van der Waals surface area contributed by atoms with E-state index in [1.165, 1.54) is 0 Å². The number of carbonyl (C=O) groups excluding carboxylic acids is 1. The molecule has 2 rings (SSSR count). The van der Waals surface area contributed by atoms with Crippen LogP contribution in [-0.4, -0.2) is 42.0 Å². The molecule has 2 aromatic rings. The molecule has 0 radical (unpaired) electrons. The summed E-state index contributed by atoms with van der Waals surface area (Å²) in [6.45, 7) is 7.19. The summed E-state index contributed by atoms with van der Waals surface area (Å²) in [6.07, 6.45) is -1.21. The van der Waals surface area contributed by atoms with Crippen LogP contribution in [0.25, 0.3) is 11.0 Å². The maximum absolute atomic E-state index is 12.3. The second kappa shape index (κ2) is 8.64. The molecule has 1 atom stereocenters. The van der Waals surface area contributed by atoms with Crippen LogP contribution in [0.5, 0.6) is 5.75 Å². The minimum atomic E-state index is -1.04. The molecule has 0 bridgehead atoms. The molecular weight excluding hydrogens is 338 g/mol. The molecule has 0 unspecified atom stereocenters. The number of aryl methyl sites for hydroxylation is 1. The number of ether oxygens (including phenoxy) is 1. The Morgan fingerprint density at radius 2 is 2.15 bits per heavy atom. The smallest absolute Gasteiger partial charge is 0.340 e. The van der Waals surface area contributed by atoms with E-state index in [2.05, 4.69) is 11.9 Å². The van der Waals surface area contributed by atoms with E-state index in [4.69, 9.17) is 14.3 Å². The highest BCUT2D eigenvalue weighted by atomic mass is 16.5. The number of nitrogens with one attached hydrogen (secondary N) is 1. The summed E-state index contributed by atoms with van der Waals surface area (Å²) in [5, 5.41) is 21.2. The fourth-order valence-electron chi connectivity index (χ4n) is 2.39. The lowest BCUT2D eigenvalue weighted by atomic mass is 10.0. The van der Waals surface area contributed by atoms with Crippen molar-refractivity contribution in [2.45, 2.75) is 26.4 Å². The molecule has 0 fully saturated rings. The summed E-state index contributed by atoms with van der Waals surface area (Å²) in [5.74, 6) is 0.125. The van der Waals surface area contributed by atoms with Gasteiger partial charge < -0.3 is 24.7 Å². The molecule has 140 valence electrons. The van der Waals surface area contributed by atoms with Crippen molar-refractivity contribution in [1.29, 1.82) is 0 Å². The van der Waals surface area contributed by atoms with Gasteiger partial charge >= 0.3 is 5.63 Å². The monoisotopic (exact) mass is 361 g/mol. The van der Waals surface area contributed by atoms with Gasteiger partial charge in [-0.3, -0.25) is 4.79 Å². The van der Waals surface area contributed by atoms with Crippen molar-refractivity contribution in [2.24, 2.45) is 0 Å². The van der Waals surface area contributed by atoms with Crippen LogP contribution < -0.4 is 15.7 Å². The zero-order valence-corrected chi connectivity index (χ0v) is 14.9. The van der Waals surface area contributed by atoms with E-state index in [1.54, 1.807) is 25.1 Å². The first-order chi connectivity index (χ1) is 12.3. The van der Waals surface area contributed by atoms with Gasteiger partial charge in [0, 0.05) is 18.0 Å². The van der Waals surface area contributed by atoms with Gasteiger partial charge in [0.05, 0.1) is 24.7 Å². The minimum absolute atomic E-state index is 0.0866. The third kappa shape index (κ3) is 4.93. The Morgan fingerprint density at radius 1 is 1.42 bits per heavy atom. The van der Waals surface area contributed by atoms with Crippen molar-refractivity contribution < 1.29 is 24.2 Å². The lowest BCUT2D eigenvalue weighted by molar-refractivity contribution is -0.121. The van der Waals surface area contributed by atoms with Crippen molar-refractivity contribution in [3.05, 3.63) is 51.9 Å². The summed E-state index contributed by atoms with van der Waals surface area (Å²) >= 11 is 0. The summed E-state index contributed by atoms with van der Waals surface area (Å²) < 4.78 is 10.9. The van der Waals surface area contributed by atoms with Crippen LogP contribution in [0.2, 0.25) is 0 Å². The Hall–Kier alpha value is -2.64. The topological polar surface area (TPSA) is 109 Å². The predicted molar refractivity (Wildman–Crippen MR) is 97.3 cm³/mol. The molecule has 7 heteroatoms. The maximum Gasteiger partial charge on any atom is 0.340 e. The maximum atomic E-state index is 12.3. The van der Waals surface area contributed by atoms with Gasteiger partial charge in [-0.1, -0.05) is 6.58 Å². The first-order valence-corrected chi connectivity index (χ1v) is 8.21. The van der Waals surface area contributed by atoms with E-state index in [9.17, 15) is 14.7 Å². The number of aliphatic hydroxyl groups is 2. The van der Waals surface area contributed by atoms with Crippen LogP contribution in [0.3, 0.4) is 0 Å². The highest BCUT2D eigenvalue weighted by Gasteiger charge is 2.16. The van der Waals surface area contributed by atoms with Crippen LogP contribution in [0, 0.1) is 6.92 Å². The SMILES string of the molecule is C=C(C)COc1ccc2c(C)c(CC(=O)NC[C@H](O)CO)c(=O)oc2c1. The molecule has 3 N–H and O–H groups in total. The normalized spacial score (nSPS) is 12.0. The van der Waals surface area contributed by atoms with Gasteiger partial charge in [-0.25, -0.2) is 4.79 Å². The van der Waals surface area contributed by atoms with Crippen LogP contribution in [0.15, 0.2) is 39.6 Å². The molecule has 1 aromatic heterocycles. The summed E-state index contributed by atoms with van der Waals surface area (Å²) in [5.41, 5.74) is 1.57. The van der Waals surface area contributed by atoms with Gasteiger partial charge in [0.25, 0.3) is 0 Å². The second-order valence-corrected chi connectivity index (χ2v) is 6.21. The fraction of sp³-hybridized carbons (Fsp3) is 0.368. The zero-order chi connectivity index (χ0) is 19.3. The van der Waals surface area contributed by atoms with E-state index in [0.29, 0.717) is 28.9 Å². The highest BCUT2D eigenvalue weighted by Crippen LogP contribution is 2.24. The number of benzene rings is 1. The van der Waals surface area contributed by atoms with Crippen molar-refractivity contribution >= 4 is 16.9 Å². The summed E-state index contributed by atoms with van der Waals surface area (Å²) in [7, 11) is 0. The zero-order valence-electron chi connectivity index (χ0n) is 14.9. The second-order valence-electron chi connectivity index (χ2n) is 6.21. The Kier molecular flexibility index (Phi) is 6.54. The van der Waals surface area contributed by atoms with Crippen LogP contribution in [0.1, 0.15) is 18.1 Å². The third-order valence-electron chi connectivity index (χ3n) is 3.83. The van der Waals surface area contributed by atoms with Crippen molar-refractivity contribution in [1.82, 2.24) is 5.32 Å². The number of rotatable bonds is 8. The van der Waals surface area contributed by atoms with Gasteiger partial charge in [-0.15, -0.1) is 0 Å². The van der Waals surface area contributed by atoms with Crippen LogP contribution >= 0.6 is 0 Å². The van der Waals surface area contributed by atoms with E-state index in [-0.39, 0.29) is 18.5 Å². The lowest BCUT2D eigenvalue weighted by Gasteiger charge is -2.11. The number of hydrogen-bond donors (Lipinski definition) is 3. The molecular formula is C19H23NO6. The van der Waals surface area contributed by atoms with E-state index in [1.807, 2.05) is 6.92 Å². The highest BCUT2D eigenvalue weighted by molar-refractivity contribution is 5.85. The average molecular weight is 361 g/mol. The van der Waals surface area contributed by atoms with Crippen LogP contribution in [0.4, 0.5) is 0 Å². The predicted octanol–water partition coefficient (Wildman–Crippen LogP) is 1.07. The van der Waals surface area contributed by atoms with Gasteiger partial charge in [-0.2, -0.15) is 0 Å². The first kappa shape index (κ1) is 19.7. The van der Waals surface area contributed by atoms with Crippen molar-refractivity contribution in [3.63, 3.8) is 0 Å². The lowest BCUT2D eigenvalue weighted by Crippen LogP contribution is -2.35. The number of carbonyl (C=O) groups is 1. The molecule has 0 aliphatic carbocycles. The van der Waals surface area contributed by atoms with E-state index in [0.717, 1.165) is 5.57 Å². The molecule has 7 nitrogen and oxygen atoms in total. The third-order valence-corrected chi connectivity index (χ3v) is 3.83. The molecule has 0 saturated carbocycles. The minimum Gasteiger partial charge on any atom is -0.489 e. The first-order valence-electron chi connectivity index (χ1n) is 8.21. The Bertz CT molecular complexity index is 870. The van der Waals surface area contributed by atoms with Gasteiger partial charge in [0.1, 0.15) is 17.9 Å². The quantitative estimate of drug-likeness (QED) is 0.479. The molecule has 0 spiro atoms. The standard InChI is InChI=1S/C19H23NO6/c1-11(2)10-25-14-4-5-15-12(3)16(19(24)26-17(15)6-14)7-18(23)20-8-13(22)9-21/h4-6,13,21-22H,1,7-10H2,2-3H3,(H,20,23)/t13-/m0/s1. The summed E-state index contributed by atoms with van der Waals surface area (Å²) in [4.78, 5) is 24.2. The number of amides is 1. The van der Waals surface area contributed by atoms with Crippen molar-refractivity contribution in [3.8, 4) is 5.75 Å². The molecule has 1 amide bonds. The van der Waals surface area contributed by atoms with E-state index >= 15 is 0 Å². The van der Waals surface area contributed by atoms with Gasteiger partial charge in [0.2, 0.25) is 5.91 Å². The molecule has 1 aromatic carbocycles. The molecule has 0 aliphatic heterocycles. The van der Waals surface area contributed by atoms with Gasteiger partial charge in [0.15, 0.2) is 0 Å². The fourth-order valence-corrected chi connectivity index (χ4v) is 2.39. The Labute approximate surface area is 150 Å². The molecule has 26 heavy (non-hydrogen) atoms. The number of fused-ring (bicyclic) bond motifs is 1. The molecule has 1 heterocycles. The van der Waals surface area contributed by atoms with E-state index < -0.39 is 24.2 Å². The summed E-state index contributed by atoms with van der Waals surface area (Å²) in [6, 6.07) is 5.17. The number of aliphatic hydroxyl groups excluding tert-OH is 2. The Morgan fingerprint density at radius 3 is 2.81 bits per heavy atom. The average Bonchev–Trinajstić information content (AvgIpc) is 2.61. The molecule has 0 aliphatic rings. The Balaban J connectivity index is 2.23. The van der Waals surface area contributed by atoms with Gasteiger partial charge in [-0.05, 0) is 37.1 Å². The number of hydrogen-bond acceptors (Lipinski definition) is 6. The van der Waals surface area contributed by atoms with Crippen molar-refractivity contribution in [2.75, 3.05) is 19.8 Å².